The number of carbonyl (C=O) groups excluding carboxylic acids is 1. The molecule has 2 rings (SSSR count). The van der Waals surface area contributed by atoms with E-state index in [1.54, 1.807) is 4.90 Å². The number of likely N-dealkylation sites (tertiary alicyclic amines) is 1. The standard InChI is InChI=1S/C18H33N3O4/c1-18(2,3)25-17(24)21-12-10-20(11-13-21)14-15-4-7-19(8-5-15)9-6-16(22)23/h15H,4-14H2,1-3H3,(H,22,23). The van der Waals surface area contributed by atoms with Crippen molar-refractivity contribution < 1.29 is 19.4 Å². The smallest absolute Gasteiger partial charge is 0.410 e. The minimum atomic E-state index is -0.718. The number of piperidine rings is 1. The highest BCUT2D eigenvalue weighted by Crippen LogP contribution is 2.20. The summed E-state index contributed by atoms with van der Waals surface area (Å²) in [5.41, 5.74) is -0.442. The van der Waals surface area contributed by atoms with Crippen molar-refractivity contribution in [2.45, 2.75) is 45.6 Å². The molecule has 0 aromatic carbocycles. The second-order valence-corrected chi connectivity index (χ2v) is 8.20. The van der Waals surface area contributed by atoms with Gasteiger partial charge in [-0.3, -0.25) is 9.69 Å². The number of hydrogen-bond acceptors (Lipinski definition) is 5. The van der Waals surface area contributed by atoms with Gasteiger partial charge in [0.2, 0.25) is 0 Å². The van der Waals surface area contributed by atoms with Gasteiger partial charge >= 0.3 is 12.1 Å². The zero-order valence-corrected chi connectivity index (χ0v) is 15.9. The average molecular weight is 355 g/mol. The second kappa shape index (κ2) is 8.85. The Labute approximate surface area is 150 Å². The zero-order valence-electron chi connectivity index (χ0n) is 15.9. The van der Waals surface area contributed by atoms with Crippen LogP contribution < -0.4 is 0 Å². The fraction of sp³-hybridized carbons (Fsp3) is 0.889. The van der Waals surface area contributed by atoms with Gasteiger partial charge in [0.05, 0.1) is 6.42 Å². The number of carboxylic acids is 1. The third kappa shape index (κ3) is 7.20. The van der Waals surface area contributed by atoms with Crippen LogP contribution in [0.2, 0.25) is 0 Å². The Morgan fingerprint density at radius 2 is 1.60 bits per heavy atom. The van der Waals surface area contributed by atoms with E-state index in [0.717, 1.165) is 58.7 Å². The third-order valence-electron chi connectivity index (χ3n) is 4.89. The molecule has 1 N–H and O–H groups in total. The minimum Gasteiger partial charge on any atom is -0.481 e. The first kappa shape index (κ1) is 20.0. The van der Waals surface area contributed by atoms with E-state index in [1.165, 1.54) is 0 Å². The fourth-order valence-electron chi connectivity index (χ4n) is 3.45. The summed E-state index contributed by atoms with van der Waals surface area (Å²) < 4.78 is 5.44. The number of amides is 1. The van der Waals surface area contributed by atoms with Crippen LogP contribution in [-0.4, -0.2) is 89.8 Å². The van der Waals surface area contributed by atoms with E-state index in [4.69, 9.17) is 9.84 Å². The van der Waals surface area contributed by atoms with Gasteiger partial charge in [-0.1, -0.05) is 0 Å². The molecule has 2 heterocycles. The molecule has 0 atom stereocenters. The summed E-state index contributed by atoms with van der Waals surface area (Å²) in [5.74, 6) is -0.0425. The third-order valence-corrected chi connectivity index (χ3v) is 4.89. The first-order chi connectivity index (χ1) is 11.7. The first-order valence-corrected chi connectivity index (χ1v) is 9.37. The fourth-order valence-corrected chi connectivity index (χ4v) is 3.45. The number of hydrogen-bond donors (Lipinski definition) is 1. The largest absolute Gasteiger partial charge is 0.481 e. The van der Waals surface area contributed by atoms with Crippen LogP contribution in [0.25, 0.3) is 0 Å². The summed E-state index contributed by atoms with van der Waals surface area (Å²) in [6, 6.07) is 0. The lowest BCUT2D eigenvalue weighted by atomic mass is 9.96. The average Bonchev–Trinajstić information content (AvgIpc) is 2.53. The summed E-state index contributed by atoms with van der Waals surface area (Å²) in [6.45, 7) is 12.7. The Morgan fingerprint density at radius 3 is 2.12 bits per heavy atom. The quantitative estimate of drug-likeness (QED) is 0.810. The summed E-state index contributed by atoms with van der Waals surface area (Å²) >= 11 is 0. The van der Waals surface area contributed by atoms with Crippen LogP contribution in [0.15, 0.2) is 0 Å². The summed E-state index contributed by atoms with van der Waals surface area (Å²) in [5, 5.41) is 8.77. The molecule has 0 bridgehead atoms. The molecule has 1 amide bonds. The predicted molar refractivity (Wildman–Crippen MR) is 95.7 cm³/mol. The molecule has 2 aliphatic rings. The number of ether oxygens (including phenoxy) is 1. The summed E-state index contributed by atoms with van der Waals surface area (Å²) in [4.78, 5) is 29.2. The van der Waals surface area contributed by atoms with Crippen molar-refractivity contribution in [3.05, 3.63) is 0 Å². The lowest BCUT2D eigenvalue weighted by molar-refractivity contribution is -0.137. The molecule has 144 valence electrons. The van der Waals surface area contributed by atoms with Gasteiger partial charge in [-0.05, 0) is 52.6 Å². The Balaban J connectivity index is 1.64. The van der Waals surface area contributed by atoms with Gasteiger partial charge in [0.15, 0.2) is 0 Å². The Bertz CT molecular complexity index is 448. The summed E-state index contributed by atoms with van der Waals surface area (Å²) in [6.07, 6.45) is 2.29. The van der Waals surface area contributed by atoms with Crippen molar-refractivity contribution in [3.63, 3.8) is 0 Å². The van der Waals surface area contributed by atoms with Gasteiger partial charge in [-0.2, -0.15) is 0 Å². The Morgan fingerprint density at radius 1 is 1.00 bits per heavy atom. The molecule has 2 aliphatic heterocycles. The van der Waals surface area contributed by atoms with Crippen molar-refractivity contribution in [1.29, 1.82) is 0 Å². The van der Waals surface area contributed by atoms with Crippen LogP contribution >= 0.6 is 0 Å². The van der Waals surface area contributed by atoms with Crippen LogP contribution in [0, 0.1) is 5.92 Å². The van der Waals surface area contributed by atoms with E-state index in [2.05, 4.69) is 9.80 Å². The second-order valence-electron chi connectivity index (χ2n) is 8.20. The number of aliphatic carboxylic acids is 1. The lowest BCUT2D eigenvalue weighted by Gasteiger charge is -2.39. The maximum atomic E-state index is 12.1. The van der Waals surface area contributed by atoms with Crippen molar-refractivity contribution in [2.24, 2.45) is 5.92 Å². The SMILES string of the molecule is CC(C)(C)OC(=O)N1CCN(CC2CCN(CCC(=O)O)CC2)CC1. The van der Waals surface area contributed by atoms with Crippen molar-refractivity contribution in [2.75, 3.05) is 52.4 Å². The predicted octanol–water partition coefficient (Wildman–Crippen LogP) is 1.73. The molecule has 0 aliphatic carbocycles. The molecule has 0 unspecified atom stereocenters. The van der Waals surface area contributed by atoms with Gasteiger partial charge in [-0.25, -0.2) is 4.79 Å². The maximum Gasteiger partial charge on any atom is 0.410 e. The van der Waals surface area contributed by atoms with Crippen LogP contribution in [0.4, 0.5) is 4.79 Å². The van der Waals surface area contributed by atoms with Crippen LogP contribution in [0.3, 0.4) is 0 Å². The number of carboxylic acid groups (broad SMARTS) is 1. The molecule has 7 heteroatoms. The van der Waals surface area contributed by atoms with Gasteiger partial charge in [0, 0.05) is 39.3 Å². The molecular weight excluding hydrogens is 322 g/mol. The molecule has 0 aromatic rings. The van der Waals surface area contributed by atoms with Gasteiger partial charge in [0.25, 0.3) is 0 Å². The highest BCUT2D eigenvalue weighted by atomic mass is 16.6. The van der Waals surface area contributed by atoms with E-state index in [1.807, 2.05) is 20.8 Å². The van der Waals surface area contributed by atoms with E-state index in [0.29, 0.717) is 12.5 Å². The van der Waals surface area contributed by atoms with E-state index in [9.17, 15) is 9.59 Å². The maximum absolute atomic E-state index is 12.1. The monoisotopic (exact) mass is 355 g/mol. The first-order valence-electron chi connectivity index (χ1n) is 9.37. The van der Waals surface area contributed by atoms with Crippen molar-refractivity contribution in [3.8, 4) is 0 Å². The van der Waals surface area contributed by atoms with E-state index >= 15 is 0 Å². The number of piperazine rings is 1. The minimum absolute atomic E-state index is 0.209. The van der Waals surface area contributed by atoms with E-state index < -0.39 is 11.6 Å². The van der Waals surface area contributed by atoms with Crippen LogP contribution in [-0.2, 0) is 9.53 Å². The molecule has 2 saturated heterocycles. The van der Waals surface area contributed by atoms with Gasteiger partial charge in [-0.15, -0.1) is 0 Å². The highest BCUT2D eigenvalue weighted by Gasteiger charge is 2.28. The zero-order chi connectivity index (χ0) is 18.4. The molecule has 25 heavy (non-hydrogen) atoms. The van der Waals surface area contributed by atoms with E-state index in [-0.39, 0.29) is 12.5 Å². The number of carbonyl (C=O) groups is 2. The molecule has 0 radical (unpaired) electrons. The topological polar surface area (TPSA) is 73.3 Å². The Kier molecular flexibility index (Phi) is 7.07. The molecule has 0 spiro atoms. The summed E-state index contributed by atoms with van der Waals surface area (Å²) in [7, 11) is 0. The van der Waals surface area contributed by atoms with Crippen molar-refractivity contribution in [1.82, 2.24) is 14.7 Å². The normalized spacial score (nSPS) is 21.3. The molecule has 7 nitrogen and oxygen atoms in total. The molecular formula is C18H33N3O4. The number of rotatable bonds is 5. The van der Waals surface area contributed by atoms with Gasteiger partial charge < -0.3 is 19.6 Å². The van der Waals surface area contributed by atoms with Gasteiger partial charge in [0.1, 0.15) is 5.60 Å². The van der Waals surface area contributed by atoms with Crippen LogP contribution in [0.5, 0.6) is 0 Å². The molecule has 2 fully saturated rings. The lowest BCUT2D eigenvalue weighted by Crippen LogP contribution is -2.51. The number of nitrogens with zero attached hydrogens (tertiary/aromatic N) is 3. The highest BCUT2D eigenvalue weighted by molar-refractivity contribution is 5.68. The van der Waals surface area contributed by atoms with Crippen LogP contribution in [0.1, 0.15) is 40.0 Å². The molecule has 0 aromatic heterocycles. The molecule has 0 saturated carbocycles. The Hall–Kier alpha value is -1.34. The van der Waals surface area contributed by atoms with Crippen molar-refractivity contribution >= 4 is 12.1 Å².